The van der Waals surface area contributed by atoms with Crippen molar-refractivity contribution in [2.45, 2.75) is 38.9 Å². The summed E-state index contributed by atoms with van der Waals surface area (Å²) in [7, 11) is -2.87. The van der Waals surface area contributed by atoms with Crippen LogP contribution in [-0.4, -0.2) is 30.2 Å². The summed E-state index contributed by atoms with van der Waals surface area (Å²) in [5, 5.41) is 4.89. The molecule has 0 aliphatic rings. The Morgan fingerprint density at radius 2 is 1.16 bits per heavy atom. The van der Waals surface area contributed by atoms with Crippen LogP contribution in [-0.2, 0) is 10.1 Å². The van der Waals surface area contributed by atoms with Crippen LogP contribution in [0.25, 0.3) is 6.08 Å². The molecule has 198 valence electrons. The van der Waals surface area contributed by atoms with Crippen LogP contribution in [0.2, 0.25) is 0 Å². The van der Waals surface area contributed by atoms with Gasteiger partial charge in [0.1, 0.15) is 17.5 Å². The van der Waals surface area contributed by atoms with Crippen molar-refractivity contribution in [3.63, 3.8) is 0 Å². The lowest BCUT2D eigenvalue weighted by Gasteiger charge is -2.35. The van der Waals surface area contributed by atoms with Crippen LogP contribution in [0.5, 0.6) is 0 Å². The molecular formula is C30H34FN3O3P+. The molecule has 38 heavy (non-hydrogen) atoms. The number of rotatable bonds is 8. The van der Waals surface area contributed by atoms with E-state index in [4.69, 9.17) is 19.5 Å². The molecule has 6 nitrogen and oxygen atoms in total. The fourth-order valence-corrected chi connectivity index (χ4v) is 4.70. The van der Waals surface area contributed by atoms with Crippen molar-refractivity contribution >= 4 is 14.3 Å². The highest BCUT2D eigenvalue weighted by Gasteiger charge is 2.40. The molecule has 1 aromatic heterocycles. The lowest BCUT2D eigenvalue weighted by atomic mass is 9.77. The zero-order valence-electron chi connectivity index (χ0n) is 22.0. The van der Waals surface area contributed by atoms with Crippen molar-refractivity contribution < 1.29 is 18.7 Å². The van der Waals surface area contributed by atoms with Crippen molar-refractivity contribution in [3.05, 3.63) is 126 Å². The van der Waals surface area contributed by atoms with Gasteiger partial charge in [-0.15, -0.1) is 9.79 Å². The second-order valence-electron chi connectivity index (χ2n) is 9.58. The summed E-state index contributed by atoms with van der Waals surface area (Å²) >= 11 is 0. The van der Waals surface area contributed by atoms with Gasteiger partial charge in [-0.05, 0) is 40.7 Å². The second-order valence-corrected chi connectivity index (χ2v) is 10.1. The molecular weight excluding hydrogens is 500 g/mol. The first-order chi connectivity index (χ1) is 18.1. The molecule has 0 unspecified atom stereocenters. The number of benzene rings is 3. The number of aromatic nitrogens is 3. The summed E-state index contributed by atoms with van der Waals surface area (Å²) in [4.78, 5) is 18.8. The molecule has 0 aliphatic carbocycles. The smallest absolute Gasteiger partial charge is 0.239 e. The number of allylic oxidation sites excluding steroid dienone is 1. The molecule has 0 saturated carbocycles. The number of alkyl halides is 1. The summed E-state index contributed by atoms with van der Waals surface area (Å²) in [6.45, 7) is 7.62. The molecule has 3 aromatic carbocycles. The van der Waals surface area contributed by atoms with Gasteiger partial charge in [0, 0.05) is 4.57 Å². The van der Waals surface area contributed by atoms with E-state index in [0.29, 0.717) is 5.82 Å². The predicted octanol–water partition coefficient (Wildman–Crippen LogP) is 6.78. The van der Waals surface area contributed by atoms with Crippen LogP contribution >= 0.6 is 8.25 Å². The van der Waals surface area contributed by atoms with Crippen LogP contribution in [0.4, 0.5) is 4.39 Å². The Hall–Kier alpha value is -3.51. The van der Waals surface area contributed by atoms with Crippen LogP contribution in [0, 0.1) is 11.8 Å². The topological polar surface area (TPSA) is 88.2 Å². The fraction of sp³-hybridized carbons (Fsp3) is 0.267. The maximum absolute atomic E-state index is 15.6. The van der Waals surface area contributed by atoms with Crippen molar-refractivity contribution in [1.29, 1.82) is 0 Å². The lowest BCUT2D eigenvalue weighted by molar-refractivity contribution is 0.102. The van der Waals surface area contributed by atoms with Crippen molar-refractivity contribution in [2.75, 3.05) is 0 Å². The minimum atomic E-state index is -2.87. The van der Waals surface area contributed by atoms with Crippen LogP contribution in [0.1, 0.15) is 50.2 Å². The molecule has 0 aliphatic heterocycles. The van der Waals surface area contributed by atoms with E-state index < -0.39 is 19.5 Å². The van der Waals surface area contributed by atoms with Gasteiger partial charge in [-0.3, -0.25) is 0 Å². The molecule has 0 radical (unpaired) electrons. The Morgan fingerprint density at radius 3 is 1.50 bits per heavy atom. The lowest BCUT2D eigenvalue weighted by Crippen LogP contribution is -2.38. The highest BCUT2D eigenvalue weighted by Crippen LogP contribution is 2.40. The Labute approximate surface area is 224 Å². The predicted molar refractivity (Wildman–Crippen MR) is 149 cm³/mol. The Balaban J connectivity index is 0.000000934. The van der Waals surface area contributed by atoms with E-state index in [2.05, 4.69) is 41.4 Å². The number of hydrogen-bond acceptors (Lipinski definition) is 3. The molecule has 8 heteroatoms. The van der Waals surface area contributed by atoms with Gasteiger partial charge in [-0.25, -0.2) is 14.1 Å². The molecule has 0 amide bonds. The van der Waals surface area contributed by atoms with Gasteiger partial charge in [0.25, 0.3) is 0 Å². The molecule has 0 bridgehead atoms. The summed E-state index contributed by atoms with van der Waals surface area (Å²) in [6, 6.07) is 30.9. The van der Waals surface area contributed by atoms with Crippen LogP contribution in [0.3, 0.4) is 0 Å². The molecule has 0 spiro atoms. The standard InChI is InChI=1S/C30H32FN3.HO3P/c1-23(2)29(31,24(3)4)21-20-28-32-22-34(33-28)30(25-14-8-5-9-15-25,26-16-10-6-11-17-26)27-18-12-7-13-19-27;1-4(2)3/h5-24H,1-4H3;(H-,1,2,3)/p+1/b21-20+;. The third kappa shape index (κ3) is 6.30. The van der Waals surface area contributed by atoms with E-state index >= 15 is 4.39 Å². The van der Waals surface area contributed by atoms with Crippen molar-refractivity contribution in [3.8, 4) is 0 Å². The van der Waals surface area contributed by atoms with E-state index in [-0.39, 0.29) is 11.8 Å². The first-order valence-corrected chi connectivity index (χ1v) is 13.6. The van der Waals surface area contributed by atoms with Gasteiger partial charge in [0.2, 0.25) is 0 Å². The molecule has 4 rings (SSSR count). The number of halogens is 1. The van der Waals surface area contributed by atoms with Gasteiger partial charge in [-0.1, -0.05) is 119 Å². The van der Waals surface area contributed by atoms with Crippen LogP contribution < -0.4 is 0 Å². The number of nitrogens with zero attached hydrogens (tertiary/aromatic N) is 3. The van der Waals surface area contributed by atoms with Crippen molar-refractivity contribution in [1.82, 2.24) is 14.8 Å². The largest absolute Gasteiger partial charge is 0.692 e. The average molecular weight is 535 g/mol. The van der Waals surface area contributed by atoms with E-state index in [1.807, 2.05) is 87.0 Å². The Kier molecular flexibility index (Phi) is 9.81. The summed E-state index contributed by atoms with van der Waals surface area (Å²) < 4.78 is 26.2. The van der Waals surface area contributed by atoms with Gasteiger partial charge >= 0.3 is 8.25 Å². The van der Waals surface area contributed by atoms with E-state index in [1.165, 1.54) is 0 Å². The molecule has 2 N–H and O–H groups in total. The molecule has 0 atom stereocenters. The SMILES string of the molecule is CC(C)C(F)(/C=C/c1ncn(C(c2ccccc2)(c2ccccc2)c2ccccc2)n1)C(C)C.O=[P+](O)O. The van der Waals surface area contributed by atoms with Gasteiger partial charge < -0.3 is 0 Å². The first-order valence-electron chi connectivity index (χ1n) is 12.4. The number of hydrogen-bond donors (Lipinski definition) is 2. The molecule has 1 heterocycles. The highest BCUT2D eigenvalue weighted by atomic mass is 31.1. The summed E-state index contributed by atoms with van der Waals surface area (Å²) in [6.07, 6.45) is 5.08. The third-order valence-electron chi connectivity index (χ3n) is 6.69. The third-order valence-corrected chi connectivity index (χ3v) is 6.69. The summed E-state index contributed by atoms with van der Waals surface area (Å²) in [5.74, 6) is 0.182. The maximum atomic E-state index is 15.6. The normalized spacial score (nSPS) is 12.0. The minimum absolute atomic E-state index is 0.150. The van der Waals surface area contributed by atoms with Crippen LogP contribution in [0.15, 0.2) is 103 Å². The van der Waals surface area contributed by atoms with Crippen molar-refractivity contribution in [2.24, 2.45) is 11.8 Å². The van der Waals surface area contributed by atoms with Gasteiger partial charge in [0.15, 0.2) is 5.82 Å². The monoisotopic (exact) mass is 534 g/mol. The molecule has 0 fully saturated rings. The fourth-order valence-electron chi connectivity index (χ4n) is 4.70. The summed E-state index contributed by atoms with van der Waals surface area (Å²) in [5.41, 5.74) is 1.04. The van der Waals surface area contributed by atoms with E-state index in [1.54, 1.807) is 18.5 Å². The zero-order chi connectivity index (χ0) is 27.8. The van der Waals surface area contributed by atoms with Gasteiger partial charge in [0.05, 0.1) is 0 Å². The first kappa shape index (κ1) is 29.1. The maximum Gasteiger partial charge on any atom is 0.692 e. The Bertz CT molecular complexity index is 1220. The molecule has 0 saturated heterocycles. The Morgan fingerprint density at radius 1 is 0.789 bits per heavy atom. The quantitative estimate of drug-likeness (QED) is 0.192. The second kappa shape index (κ2) is 12.8. The minimum Gasteiger partial charge on any atom is -0.239 e. The highest BCUT2D eigenvalue weighted by molar-refractivity contribution is 7.30. The average Bonchev–Trinajstić information content (AvgIpc) is 3.38. The van der Waals surface area contributed by atoms with E-state index in [9.17, 15) is 0 Å². The van der Waals surface area contributed by atoms with Gasteiger partial charge in [-0.2, -0.15) is 5.10 Å². The molecule has 4 aromatic rings. The van der Waals surface area contributed by atoms with E-state index in [0.717, 1.165) is 16.7 Å². The zero-order valence-corrected chi connectivity index (χ0v) is 22.9.